The maximum atomic E-state index is 12.1. The van der Waals surface area contributed by atoms with Gasteiger partial charge in [0.25, 0.3) is 0 Å². The maximum absolute atomic E-state index is 12.1. The Labute approximate surface area is 125 Å². The van der Waals surface area contributed by atoms with E-state index in [1.165, 1.54) is 26.2 Å². The second-order valence-electron chi connectivity index (χ2n) is 5.95. The Morgan fingerprint density at radius 2 is 1.76 bits per heavy atom. The highest BCUT2D eigenvalue weighted by Gasteiger charge is 2.23. The molecule has 21 heavy (non-hydrogen) atoms. The number of rotatable bonds is 8. The normalized spacial score (nSPS) is 17.2. The van der Waals surface area contributed by atoms with Crippen molar-refractivity contribution >= 4 is 17.8 Å². The Balaban J connectivity index is 2.49. The van der Waals surface area contributed by atoms with Crippen molar-refractivity contribution in [3.8, 4) is 0 Å². The van der Waals surface area contributed by atoms with Crippen molar-refractivity contribution in [3.63, 3.8) is 0 Å². The molecule has 1 fully saturated rings. The highest BCUT2D eigenvalue weighted by molar-refractivity contribution is 5.82. The lowest BCUT2D eigenvalue weighted by Gasteiger charge is -2.25. The van der Waals surface area contributed by atoms with Crippen LogP contribution in [-0.2, 0) is 14.4 Å². The second kappa shape index (κ2) is 8.64. The van der Waals surface area contributed by atoms with Crippen LogP contribution >= 0.6 is 0 Å². The number of carbonyl (C=O) groups excluding carboxylic acids is 1. The number of carboxylic acid groups (broad SMARTS) is 2. The van der Waals surface area contributed by atoms with Crippen LogP contribution < -0.4 is 0 Å². The molecule has 0 bridgehead atoms. The topological polar surface area (TPSA) is 94.9 Å². The predicted octanol–water partition coefficient (Wildman–Crippen LogP) is 1.98. The minimum absolute atomic E-state index is 0.0505. The summed E-state index contributed by atoms with van der Waals surface area (Å²) in [6.07, 6.45) is 7.02. The van der Waals surface area contributed by atoms with Crippen molar-refractivity contribution in [3.05, 3.63) is 0 Å². The Hall–Kier alpha value is -1.59. The van der Waals surface area contributed by atoms with Gasteiger partial charge in [0.2, 0.25) is 5.91 Å². The van der Waals surface area contributed by atoms with Crippen LogP contribution in [0.3, 0.4) is 0 Å². The van der Waals surface area contributed by atoms with E-state index in [0.29, 0.717) is 12.3 Å². The van der Waals surface area contributed by atoms with Crippen molar-refractivity contribution in [1.29, 1.82) is 0 Å². The maximum Gasteiger partial charge on any atom is 0.323 e. The molecule has 1 unspecified atom stereocenters. The number of hydrogen-bond acceptors (Lipinski definition) is 3. The summed E-state index contributed by atoms with van der Waals surface area (Å²) < 4.78 is 0. The molecule has 0 aromatic rings. The molecule has 0 spiro atoms. The van der Waals surface area contributed by atoms with E-state index >= 15 is 0 Å². The van der Waals surface area contributed by atoms with Crippen LogP contribution in [0.1, 0.15) is 51.9 Å². The first kappa shape index (κ1) is 17.5. The van der Waals surface area contributed by atoms with Crippen molar-refractivity contribution in [2.75, 3.05) is 13.1 Å². The first-order valence-corrected chi connectivity index (χ1v) is 7.62. The predicted molar refractivity (Wildman–Crippen MR) is 76.8 cm³/mol. The van der Waals surface area contributed by atoms with E-state index in [9.17, 15) is 14.4 Å². The fraction of sp³-hybridized carbons (Fsp3) is 0.800. The molecule has 0 radical (unpaired) electrons. The molecule has 0 aromatic carbocycles. The highest BCUT2D eigenvalue weighted by Crippen LogP contribution is 2.27. The van der Waals surface area contributed by atoms with E-state index in [-0.39, 0.29) is 12.5 Å². The fourth-order valence-corrected chi connectivity index (χ4v) is 2.79. The van der Waals surface area contributed by atoms with Gasteiger partial charge in [-0.2, -0.15) is 0 Å². The third kappa shape index (κ3) is 6.60. The molecule has 0 aromatic heterocycles. The van der Waals surface area contributed by atoms with E-state index in [2.05, 4.69) is 0 Å². The van der Waals surface area contributed by atoms with Gasteiger partial charge in [0.05, 0.1) is 5.92 Å². The van der Waals surface area contributed by atoms with Crippen LogP contribution in [0, 0.1) is 11.8 Å². The van der Waals surface area contributed by atoms with Crippen molar-refractivity contribution < 1.29 is 24.6 Å². The highest BCUT2D eigenvalue weighted by atomic mass is 16.4. The van der Waals surface area contributed by atoms with Crippen molar-refractivity contribution in [1.82, 2.24) is 4.90 Å². The van der Waals surface area contributed by atoms with Crippen LogP contribution in [0.2, 0.25) is 0 Å². The minimum atomic E-state index is -1.11. The summed E-state index contributed by atoms with van der Waals surface area (Å²) in [5, 5.41) is 17.8. The third-order valence-electron chi connectivity index (χ3n) is 4.09. The summed E-state index contributed by atoms with van der Waals surface area (Å²) in [5.41, 5.74) is 0. The molecule has 1 aliphatic carbocycles. The van der Waals surface area contributed by atoms with Crippen molar-refractivity contribution in [2.24, 2.45) is 11.8 Å². The van der Waals surface area contributed by atoms with E-state index < -0.39 is 24.4 Å². The van der Waals surface area contributed by atoms with E-state index in [1.54, 1.807) is 0 Å². The third-order valence-corrected chi connectivity index (χ3v) is 4.09. The molecule has 0 aliphatic heterocycles. The zero-order chi connectivity index (χ0) is 15.8. The summed E-state index contributed by atoms with van der Waals surface area (Å²) in [7, 11) is 0. The van der Waals surface area contributed by atoms with Gasteiger partial charge in [-0.3, -0.25) is 14.4 Å². The minimum Gasteiger partial charge on any atom is -0.481 e. The van der Waals surface area contributed by atoms with Crippen LogP contribution in [0.25, 0.3) is 0 Å². The molecule has 1 rings (SSSR count). The Morgan fingerprint density at radius 3 is 2.29 bits per heavy atom. The average molecular weight is 299 g/mol. The largest absolute Gasteiger partial charge is 0.481 e. The van der Waals surface area contributed by atoms with Gasteiger partial charge in [0.15, 0.2) is 0 Å². The second-order valence-corrected chi connectivity index (χ2v) is 5.95. The summed E-state index contributed by atoms with van der Waals surface area (Å²) in [5.74, 6) is -2.60. The monoisotopic (exact) mass is 299 g/mol. The molecule has 1 atom stereocenters. The molecule has 1 aliphatic rings. The standard InChI is InChI=1S/C15H25NO5/c1-11(15(20)21)9-16(10-14(18)19)13(17)8-7-12-5-3-2-4-6-12/h11-12H,2-10H2,1H3,(H,18,19)(H,20,21). The van der Waals surface area contributed by atoms with Gasteiger partial charge in [-0.1, -0.05) is 39.0 Å². The van der Waals surface area contributed by atoms with Gasteiger partial charge in [-0.15, -0.1) is 0 Å². The van der Waals surface area contributed by atoms with Gasteiger partial charge in [0.1, 0.15) is 6.54 Å². The zero-order valence-corrected chi connectivity index (χ0v) is 12.6. The molecule has 6 nitrogen and oxygen atoms in total. The summed E-state index contributed by atoms with van der Waals surface area (Å²) in [6.45, 7) is 0.998. The molecule has 1 amide bonds. The van der Waals surface area contributed by atoms with Crippen LogP contribution in [0.5, 0.6) is 0 Å². The van der Waals surface area contributed by atoms with E-state index in [1.807, 2.05) is 0 Å². The molecule has 6 heteroatoms. The van der Waals surface area contributed by atoms with Crippen LogP contribution in [0.4, 0.5) is 0 Å². The summed E-state index contributed by atoms with van der Waals surface area (Å²) in [6, 6.07) is 0. The van der Waals surface area contributed by atoms with Gasteiger partial charge in [-0.25, -0.2) is 0 Å². The molecule has 0 saturated heterocycles. The zero-order valence-electron chi connectivity index (χ0n) is 12.6. The smallest absolute Gasteiger partial charge is 0.323 e. The van der Waals surface area contributed by atoms with Crippen LogP contribution in [-0.4, -0.2) is 46.0 Å². The quantitative estimate of drug-likeness (QED) is 0.714. The Bertz CT molecular complexity index is 376. The van der Waals surface area contributed by atoms with E-state index in [4.69, 9.17) is 10.2 Å². The summed E-state index contributed by atoms with van der Waals surface area (Å²) >= 11 is 0. The Morgan fingerprint density at radius 1 is 1.14 bits per heavy atom. The lowest BCUT2D eigenvalue weighted by Crippen LogP contribution is -2.40. The number of amides is 1. The molecule has 2 N–H and O–H groups in total. The lowest BCUT2D eigenvalue weighted by molar-refractivity contribution is -0.148. The number of carboxylic acids is 2. The average Bonchev–Trinajstić information content (AvgIpc) is 2.44. The fourth-order valence-electron chi connectivity index (χ4n) is 2.79. The molecular formula is C15H25NO5. The number of aliphatic carboxylic acids is 2. The lowest BCUT2D eigenvalue weighted by atomic mass is 9.86. The SMILES string of the molecule is CC(CN(CC(=O)O)C(=O)CCC1CCCCC1)C(=O)O. The first-order chi connectivity index (χ1) is 9.90. The van der Waals surface area contributed by atoms with Crippen LogP contribution in [0.15, 0.2) is 0 Å². The van der Waals surface area contributed by atoms with Gasteiger partial charge in [-0.05, 0) is 12.3 Å². The molecule has 120 valence electrons. The molecule has 0 heterocycles. The Kier molecular flexibility index (Phi) is 7.19. The van der Waals surface area contributed by atoms with E-state index in [0.717, 1.165) is 24.2 Å². The molecule has 1 saturated carbocycles. The molecular weight excluding hydrogens is 274 g/mol. The van der Waals surface area contributed by atoms with Gasteiger partial charge < -0.3 is 15.1 Å². The number of carbonyl (C=O) groups is 3. The first-order valence-electron chi connectivity index (χ1n) is 7.62. The number of nitrogens with zero attached hydrogens (tertiary/aromatic N) is 1. The van der Waals surface area contributed by atoms with Gasteiger partial charge in [0, 0.05) is 13.0 Å². The number of hydrogen-bond donors (Lipinski definition) is 2. The van der Waals surface area contributed by atoms with Crippen molar-refractivity contribution in [2.45, 2.75) is 51.9 Å². The summed E-state index contributed by atoms with van der Waals surface area (Å²) in [4.78, 5) is 35.0. The van der Waals surface area contributed by atoms with Gasteiger partial charge >= 0.3 is 11.9 Å².